The second kappa shape index (κ2) is 11.5. The van der Waals surface area contributed by atoms with Gasteiger partial charge in [0, 0.05) is 40.6 Å². The molecule has 0 aliphatic heterocycles. The number of benzene rings is 3. The summed E-state index contributed by atoms with van der Waals surface area (Å²) in [5.74, 6) is 1.19. The van der Waals surface area contributed by atoms with Crippen LogP contribution in [0.25, 0.3) is 21.8 Å². The molecular weight excluding hydrogens is 506 g/mol. The summed E-state index contributed by atoms with van der Waals surface area (Å²) in [6, 6.07) is 24.3. The van der Waals surface area contributed by atoms with Crippen LogP contribution in [0.4, 0.5) is 0 Å². The van der Waals surface area contributed by atoms with Gasteiger partial charge in [-0.05, 0) is 62.2 Å². The quantitative estimate of drug-likeness (QED) is 0.174. The van der Waals surface area contributed by atoms with Crippen molar-refractivity contribution in [2.24, 2.45) is 10.9 Å². The number of aromatic nitrogens is 2. The van der Waals surface area contributed by atoms with E-state index in [0.29, 0.717) is 23.7 Å². The second-order valence-corrected chi connectivity index (χ2v) is 10.4. The molecule has 2 heterocycles. The lowest BCUT2D eigenvalue weighted by Gasteiger charge is -2.28. The Hall–Kier alpha value is -4.76. The predicted molar refractivity (Wildman–Crippen MR) is 156 cm³/mol. The van der Waals surface area contributed by atoms with E-state index in [2.05, 4.69) is 40.4 Å². The summed E-state index contributed by atoms with van der Waals surface area (Å²) in [6.45, 7) is 4.72. The highest BCUT2D eigenvalue weighted by Crippen LogP contribution is 2.33. The second-order valence-electron chi connectivity index (χ2n) is 10.4. The van der Waals surface area contributed by atoms with Crippen LogP contribution in [0.5, 0.6) is 17.4 Å². The van der Waals surface area contributed by atoms with Crippen LogP contribution in [-0.4, -0.2) is 40.6 Å². The van der Waals surface area contributed by atoms with Gasteiger partial charge in [-0.15, -0.1) is 0 Å². The number of nitrogens with one attached hydrogen (secondary N) is 2. The van der Waals surface area contributed by atoms with E-state index in [-0.39, 0.29) is 12.1 Å². The fourth-order valence-corrected chi connectivity index (χ4v) is 4.65. The highest BCUT2D eigenvalue weighted by Gasteiger charge is 2.21. The average molecular weight is 538 g/mol. The zero-order chi connectivity index (χ0) is 28.1. The fourth-order valence-electron chi connectivity index (χ4n) is 4.65. The molecule has 9 heteroatoms. The maximum Gasteiger partial charge on any atom is 0.250 e. The van der Waals surface area contributed by atoms with Crippen LogP contribution < -0.4 is 20.5 Å². The molecule has 0 radical (unpaired) electrons. The summed E-state index contributed by atoms with van der Waals surface area (Å²) in [4.78, 5) is 30.4. The lowest BCUT2D eigenvalue weighted by Crippen LogP contribution is -2.45. The topological polar surface area (TPSA) is 132 Å². The van der Waals surface area contributed by atoms with Gasteiger partial charge in [0.25, 0.3) is 0 Å². The molecule has 0 spiro atoms. The van der Waals surface area contributed by atoms with Crippen molar-refractivity contribution in [1.29, 1.82) is 0 Å². The van der Waals surface area contributed by atoms with Crippen molar-refractivity contribution in [3.05, 3.63) is 101 Å². The summed E-state index contributed by atoms with van der Waals surface area (Å²) >= 11 is 0. The lowest BCUT2D eigenvalue weighted by atomic mass is 9.94. The predicted octanol–water partition coefficient (Wildman–Crippen LogP) is 5.73. The summed E-state index contributed by atoms with van der Waals surface area (Å²) < 4.78 is 11.9. The maximum atomic E-state index is 11.6. The van der Waals surface area contributed by atoms with Crippen molar-refractivity contribution in [3.63, 3.8) is 0 Å². The number of ether oxygens (including phenoxy) is 2. The van der Waals surface area contributed by atoms with E-state index in [9.17, 15) is 9.70 Å². The van der Waals surface area contributed by atoms with Crippen LogP contribution in [0.15, 0.2) is 90.2 Å². The number of hydrogen-bond donors (Lipinski definition) is 3. The number of hydrogen-bond acceptors (Lipinski definition) is 7. The summed E-state index contributed by atoms with van der Waals surface area (Å²) in [5.41, 5.74) is 8.40. The van der Waals surface area contributed by atoms with Gasteiger partial charge in [-0.25, -0.2) is 4.98 Å². The first-order valence-electron chi connectivity index (χ1n) is 13.0. The number of para-hydroxylation sites is 1. The molecule has 0 aliphatic rings. The van der Waals surface area contributed by atoms with E-state index in [1.807, 2.05) is 60.7 Å². The van der Waals surface area contributed by atoms with Gasteiger partial charge in [-0.1, -0.05) is 41.6 Å². The smallest absolute Gasteiger partial charge is 0.250 e. The zero-order valence-electron chi connectivity index (χ0n) is 22.4. The van der Waals surface area contributed by atoms with Gasteiger partial charge in [0.15, 0.2) is 0 Å². The van der Waals surface area contributed by atoms with Crippen molar-refractivity contribution in [3.8, 4) is 17.4 Å². The van der Waals surface area contributed by atoms with Crippen LogP contribution in [0.1, 0.15) is 29.8 Å². The van der Waals surface area contributed by atoms with Crippen LogP contribution in [0, 0.1) is 4.91 Å². The summed E-state index contributed by atoms with van der Waals surface area (Å²) in [7, 11) is 0. The van der Waals surface area contributed by atoms with Crippen LogP contribution in [0.2, 0.25) is 0 Å². The molecule has 0 fully saturated rings. The maximum absolute atomic E-state index is 11.6. The Morgan fingerprint density at radius 1 is 1.02 bits per heavy atom. The van der Waals surface area contributed by atoms with E-state index < -0.39 is 11.9 Å². The molecule has 0 bridgehead atoms. The van der Waals surface area contributed by atoms with Crippen LogP contribution >= 0.6 is 0 Å². The lowest BCUT2D eigenvalue weighted by molar-refractivity contribution is 0.1000. The number of carbonyl (C=O) groups is 1. The molecule has 0 aliphatic carbocycles. The third-order valence-electron chi connectivity index (χ3n) is 6.70. The van der Waals surface area contributed by atoms with Gasteiger partial charge in [0.05, 0.1) is 11.1 Å². The summed E-state index contributed by atoms with van der Waals surface area (Å²) in [5, 5.41) is 8.86. The van der Waals surface area contributed by atoms with E-state index in [4.69, 9.17) is 15.2 Å². The van der Waals surface area contributed by atoms with Crippen molar-refractivity contribution < 1.29 is 14.3 Å². The van der Waals surface area contributed by atoms with Gasteiger partial charge >= 0.3 is 0 Å². The Bertz CT molecular complexity index is 1630. The molecule has 2 aromatic heterocycles. The molecule has 9 nitrogen and oxygen atoms in total. The number of amides is 1. The highest BCUT2D eigenvalue weighted by molar-refractivity contribution is 6.10. The van der Waals surface area contributed by atoms with E-state index in [1.54, 1.807) is 12.1 Å². The normalized spacial score (nSPS) is 12.3. The molecule has 0 unspecified atom stereocenters. The minimum absolute atomic E-state index is 0.172. The third kappa shape index (κ3) is 6.27. The van der Waals surface area contributed by atoms with Crippen LogP contribution in [0.3, 0.4) is 0 Å². The van der Waals surface area contributed by atoms with Crippen LogP contribution in [-0.2, 0) is 6.42 Å². The number of pyridine rings is 1. The molecule has 0 saturated heterocycles. The fraction of sp³-hybridized carbons (Fsp3) is 0.226. The minimum atomic E-state index is -0.552. The number of nitroso groups, excluding NO2 is 1. The Balaban J connectivity index is 1.15. The average Bonchev–Trinajstić information content (AvgIpc) is 3.34. The molecule has 1 amide bonds. The molecule has 0 saturated carbocycles. The standard InChI is InChI=1S/C31H31N5O4/c1-31(2,16-20-10-13-23(14-11-20)40-28-15-12-21(17-33-28)30(32)37)34-18-22(36-38)19-39-27-9-5-8-26-29(27)24-6-3-4-7-25(24)35-26/h3-15,17,22,34-35H,16,18-19H2,1-2H3,(H2,32,37)/t22-/m0/s1. The van der Waals surface area contributed by atoms with E-state index in [1.165, 1.54) is 6.20 Å². The zero-order valence-corrected chi connectivity index (χ0v) is 22.4. The molecule has 4 N–H and O–H groups in total. The number of fused-ring (bicyclic) bond motifs is 3. The van der Waals surface area contributed by atoms with Crippen molar-refractivity contribution in [2.45, 2.75) is 31.8 Å². The molecule has 5 aromatic rings. The van der Waals surface area contributed by atoms with Crippen molar-refractivity contribution in [2.75, 3.05) is 13.2 Å². The van der Waals surface area contributed by atoms with Gasteiger partial charge in [-0.2, -0.15) is 4.91 Å². The number of aromatic amines is 1. The molecule has 40 heavy (non-hydrogen) atoms. The van der Waals surface area contributed by atoms with Gasteiger partial charge in [0.1, 0.15) is 24.1 Å². The number of nitrogens with two attached hydrogens (primary N) is 1. The molecule has 1 atom stereocenters. The van der Waals surface area contributed by atoms with Crippen molar-refractivity contribution >= 4 is 27.7 Å². The monoisotopic (exact) mass is 537 g/mol. The first-order valence-corrected chi connectivity index (χ1v) is 13.0. The number of primary amides is 1. The minimum Gasteiger partial charge on any atom is -0.490 e. The first kappa shape index (κ1) is 26.8. The molecule has 5 rings (SSSR count). The largest absolute Gasteiger partial charge is 0.490 e. The first-order chi connectivity index (χ1) is 19.3. The third-order valence-corrected chi connectivity index (χ3v) is 6.70. The molecule has 204 valence electrons. The Labute approximate surface area is 231 Å². The number of nitrogens with zero attached hydrogens (tertiary/aromatic N) is 2. The number of carbonyl (C=O) groups excluding carboxylic acids is 1. The summed E-state index contributed by atoms with van der Waals surface area (Å²) in [6.07, 6.45) is 2.11. The van der Waals surface area contributed by atoms with E-state index >= 15 is 0 Å². The molecule has 3 aromatic carbocycles. The number of H-pyrrole nitrogens is 1. The SMILES string of the molecule is CC(C)(Cc1ccc(Oc2ccc(C(N)=O)cn2)cc1)NC[C@@H](COc1cccc2[nH]c3ccccc3c12)N=O. The van der Waals surface area contributed by atoms with Gasteiger partial charge in [0.2, 0.25) is 11.8 Å². The van der Waals surface area contributed by atoms with E-state index in [0.717, 1.165) is 39.5 Å². The Morgan fingerprint density at radius 3 is 2.52 bits per heavy atom. The van der Waals surface area contributed by atoms with Gasteiger partial charge in [-0.3, -0.25) is 4.79 Å². The molecular formula is C31H31N5O4. The number of rotatable bonds is 12. The Kier molecular flexibility index (Phi) is 7.75. The highest BCUT2D eigenvalue weighted by atomic mass is 16.5. The Morgan fingerprint density at radius 2 is 1.80 bits per heavy atom. The van der Waals surface area contributed by atoms with Crippen molar-refractivity contribution in [1.82, 2.24) is 15.3 Å². The van der Waals surface area contributed by atoms with Gasteiger partial charge < -0.3 is 25.5 Å².